The Morgan fingerprint density at radius 2 is 2.35 bits per heavy atom. The number of aryl methyl sites for hydroxylation is 1. The van der Waals surface area contributed by atoms with Gasteiger partial charge in [0.2, 0.25) is 5.91 Å². The van der Waals surface area contributed by atoms with Crippen molar-refractivity contribution in [2.75, 3.05) is 25.0 Å². The van der Waals surface area contributed by atoms with E-state index in [-0.39, 0.29) is 5.91 Å². The number of benzene rings is 1. The summed E-state index contributed by atoms with van der Waals surface area (Å²) >= 11 is 1.85. The Bertz CT molecular complexity index is 433. The van der Waals surface area contributed by atoms with Crippen molar-refractivity contribution in [2.45, 2.75) is 24.0 Å². The summed E-state index contributed by atoms with van der Waals surface area (Å²) in [5.74, 6) is 0.148. The van der Waals surface area contributed by atoms with Crippen LogP contribution in [0.1, 0.15) is 12.5 Å². The van der Waals surface area contributed by atoms with Gasteiger partial charge in [0.15, 0.2) is 0 Å². The number of thioether (sulfide) groups is 1. The van der Waals surface area contributed by atoms with Crippen LogP contribution in [0, 0.1) is 6.92 Å². The normalized spacial score (nSPS) is 19.0. The number of para-hydroxylation sites is 1. The molecule has 3 nitrogen and oxygen atoms in total. The Labute approximate surface area is 107 Å². The van der Waals surface area contributed by atoms with Crippen molar-refractivity contribution in [1.29, 1.82) is 0 Å². The van der Waals surface area contributed by atoms with Crippen molar-refractivity contribution in [3.05, 3.63) is 23.8 Å². The average Bonchev–Trinajstić information content (AvgIpc) is 2.28. The lowest BCUT2D eigenvalue weighted by Crippen LogP contribution is -2.43. The summed E-state index contributed by atoms with van der Waals surface area (Å²) in [5, 5.41) is 3.38. The average molecular weight is 250 g/mol. The van der Waals surface area contributed by atoms with Crippen LogP contribution < -0.4 is 10.2 Å². The van der Waals surface area contributed by atoms with E-state index in [0.717, 1.165) is 12.2 Å². The van der Waals surface area contributed by atoms with E-state index in [1.165, 1.54) is 10.5 Å². The van der Waals surface area contributed by atoms with Crippen molar-refractivity contribution in [2.24, 2.45) is 0 Å². The summed E-state index contributed by atoms with van der Waals surface area (Å²) < 4.78 is 0. The molecule has 0 bridgehead atoms. The van der Waals surface area contributed by atoms with Gasteiger partial charge in [-0.25, -0.2) is 0 Å². The highest BCUT2D eigenvalue weighted by Crippen LogP contribution is 2.40. The van der Waals surface area contributed by atoms with Crippen LogP contribution in [0.4, 0.5) is 5.69 Å². The highest BCUT2D eigenvalue weighted by Gasteiger charge is 2.27. The molecule has 0 aliphatic carbocycles. The Hall–Kier alpha value is -1.00. The van der Waals surface area contributed by atoms with E-state index in [1.54, 1.807) is 7.05 Å². The zero-order valence-corrected chi connectivity index (χ0v) is 11.3. The van der Waals surface area contributed by atoms with Gasteiger partial charge in [0.1, 0.15) is 0 Å². The molecule has 1 N–H and O–H groups in total. The van der Waals surface area contributed by atoms with E-state index < -0.39 is 0 Å². The third-order valence-corrected chi connectivity index (χ3v) is 4.00. The maximum absolute atomic E-state index is 12.1. The summed E-state index contributed by atoms with van der Waals surface area (Å²) in [6.07, 6.45) is 0. The van der Waals surface area contributed by atoms with Crippen LogP contribution in [0.2, 0.25) is 0 Å². The molecule has 2 rings (SSSR count). The Morgan fingerprint density at radius 1 is 1.59 bits per heavy atom. The number of hydrogen-bond acceptors (Lipinski definition) is 3. The minimum atomic E-state index is 0.148. The molecule has 0 saturated carbocycles. The number of carbonyl (C=O) groups excluding carboxylic acids is 1. The van der Waals surface area contributed by atoms with Crippen molar-refractivity contribution >= 4 is 23.4 Å². The first kappa shape index (κ1) is 12.5. The molecule has 1 aliphatic rings. The van der Waals surface area contributed by atoms with Crippen molar-refractivity contribution < 1.29 is 4.79 Å². The molecule has 1 aromatic rings. The maximum atomic E-state index is 12.1. The number of likely N-dealkylation sites (N-methyl/N-ethyl adjacent to an activating group) is 1. The zero-order valence-electron chi connectivity index (χ0n) is 10.5. The van der Waals surface area contributed by atoms with E-state index in [1.807, 2.05) is 16.7 Å². The van der Waals surface area contributed by atoms with Crippen LogP contribution >= 0.6 is 11.8 Å². The molecule has 1 unspecified atom stereocenters. The second kappa shape index (κ2) is 5.10. The summed E-state index contributed by atoms with van der Waals surface area (Å²) in [6.45, 7) is 5.42. The highest BCUT2D eigenvalue weighted by atomic mass is 32.2. The minimum Gasteiger partial charge on any atom is -0.311 e. The van der Waals surface area contributed by atoms with Crippen LogP contribution in [-0.2, 0) is 4.79 Å². The SMILES string of the molecule is CNCC(=O)N1CC(C)Sc2cccc(C)c21. The molecule has 1 aliphatic heterocycles. The smallest absolute Gasteiger partial charge is 0.241 e. The number of carbonyl (C=O) groups is 1. The van der Waals surface area contributed by atoms with E-state index in [9.17, 15) is 4.79 Å². The topological polar surface area (TPSA) is 32.3 Å². The van der Waals surface area contributed by atoms with Gasteiger partial charge in [-0.3, -0.25) is 4.79 Å². The molecular formula is C13H18N2OS. The molecule has 1 heterocycles. The van der Waals surface area contributed by atoms with Crippen LogP contribution in [0.3, 0.4) is 0 Å². The Morgan fingerprint density at radius 3 is 3.06 bits per heavy atom. The van der Waals surface area contributed by atoms with Gasteiger partial charge >= 0.3 is 0 Å². The van der Waals surface area contributed by atoms with E-state index in [2.05, 4.69) is 37.4 Å². The molecule has 0 radical (unpaired) electrons. The summed E-state index contributed by atoms with van der Waals surface area (Å²) in [5.41, 5.74) is 2.27. The molecule has 0 fully saturated rings. The first-order valence-corrected chi connectivity index (χ1v) is 6.72. The molecule has 4 heteroatoms. The quantitative estimate of drug-likeness (QED) is 0.872. The van der Waals surface area contributed by atoms with Gasteiger partial charge in [-0.2, -0.15) is 0 Å². The molecule has 1 atom stereocenters. The molecule has 1 amide bonds. The standard InChI is InChI=1S/C13H18N2OS/c1-9-5-4-6-11-13(9)15(8-10(2)17-11)12(16)7-14-3/h4-6,10,14H,7-8H2,1-3H3. The second-order valence-electron chi connectivity index (χ2n) is 4.38. The van der Waals surface area contributed by atoms with Gasteiger partial charge in [0.25, 0.3) is 0 Å². The minimum absolute atomic E-state index is 0.148. The Balaban J connectivity index is 2.39. The van der Waals surface area contributed by atoms with Crippen molar-refractivity contribution in [1.82, 2.24) is 5.32 Å². The van der Waals surface area contributed by atoms with Gasteiger partial charge < -0.3 is 10.2 Å². The summed E-state index contributed by atoms with van der Waals surface area (Å²) in [6, 6.07) is 6.22. The fraction of sp³-hybridized carbons (Fsp3) is 0.462. The predicted octanol–water partition coefficient (Wildman–Crippen LogP) is 2.04. The molecule has 1 aromatic carbocycles. The van der Waals surface area contributed by atoms with Gasteiger partial charge in [-0.15, -0.1) is 11.8 Å². The first-order chi connectivity index (χ1) is 8.13. The number of hydrogen-bond donors (Lipinski definition) is 1. The third kappa shape index (κ3) is 2.48. The van der Waals surface area contributed by atoms with Crippen molar-refractivity contribution in [3.8, 4) is 0 Å². The van der Waals surface area contributed by atoms with Gasteiger partial charge in [0, 0.05) is 16.7 Å². The highest BCUT2D eigenvalue weighted by molar-refractivity contribution is 8.00. The van der Waals surface area contributed by atoms with E-state index in [0.29, 0.717) is 11.8 Å². The Kier molecular flexibility index (Phi) is 3.74. The number of fused-ring (bicyclic) bond motifs is 1. The van der Waals surface area contributed by atoms with Gasteiger partial charge in [-0.1, -0.05) is 19.1 Å². The largest absolute Gasteiger partial charge is 0.311 e. The van der Waals surface area contributed by atoms with Crippen LogP contribution in [-0.4, -0.2) is 31.3 Å². The fourth-order valence-electron chi connectivity index (χ4n) is 2.15. The summed E-state index contributed by atoms with van der Waals surface area (Å²) in [4.78, 5) is 15.2. The monoisotopic (exact) mass is 250 g/mol. The number of rotatable bonds is 2. The molecule has 0 aromatic heterocycles. The van der Waals surface area contributed by atoms with Crippen LogP contribution in [0.15, 0.2) is 23.1 Å². The van der Waals surface area contributed by atoms with Gasteiger partial charge in [-0.05, 0) is 25.6 Å². The third-order valence-electron chi connectivity index (χ3n) is 2.87. The predicted molar refractivity (Wildman–Crippen MR) is 72.8 cm³/mol. The first-order valence-electron chi connectivity index (χ1n) is 5.84. The lowest BCUT2D eigenvalue weighted by Gasteiger charge is -2.34. The van der Waals surface area contributed by atoms with Gasteiger partial charge in [0.05, 0.1) is 12.2 Å². The molecule has 17 heavy (non-hydrogen) atoms. The second-order valence-corrected chi connectivity index (χ2v) is 5.87. The number of amides is 1. The maximum Gasteiger partial charge on any atom is 0.241 e. The number of anilines is 1. The lowest BCUT2D eigenvalue weighted by molar-refractivity contribution is -0.117. The molecule has 0 saturated heterocycles. The van der Waals surface area contributed by atoms with Crippen LogP contribution in [0.25, 0.3) is 0 Å². The van der Waals surface area contributed by atoms with E-state index >= 15 is 0 Å². The number of nitrogens with one attached hydrogen (secondary N) is 1. The number of nitrogens with zero attached hydrogens (tertiary/aromatic N) is 1. The molecule has 92 valence electrons. The van der Waals surface area contributed by atoms with Crippen LogP contribution in [0.5, 0.6) is 0 Å². The molecule has 0 spiro atoms. The summed E-state index contributed by atoms with van der Waals surface area (Å²) in [7, 11) is 1.80. The van der Waals surface area contributed by atoms with E-state index in [4.69, 9.17) is 0 Å². The lowest BCUT2D eigenvalue weighted by atomic mass is 10.1. The molecular weight excluding hydrogens is 232 g/mol. The zero-order chi connectivity index (χ0) is 12.4. The fourth-order valence-corrected chi connectivity index (χ4v) is 3.35. The van der Waals surface area contributed by atoms with Crippen molar-refractivity contribution in [3.63, 3.8) is 0 Å².